The fraction of sp³-hybridized carbons (Fsp3) is 0.136. The van der Waals surface area contributed by atoms with E-state index in [0.717, 1.165) is 4.47 Å². The molecular formula is C22H19BrClNO3. The lowest BCUT2D eigenvalue weighted by Crippen LogP contribution is -2.42. The van der Waals surface area contributed by atoms with Crippen LogP contribution in [-0.4, -0.2) is 11.5 Å². The fourth-order valence-electron chi connectivity index (χ4n) is 2.37. The van der Waals surface area contributed by atoms with Crippen molar-refractivity contribution in [2.24, 2.45) is 0 Å². The molecule has 0 bridgehead atoms. The van der Waals surface area contributed by atoms with E-state index in [1.54, 1.807) is 62.4 Å². The van der Waals surface area contributed by atoms with Crippen molar-refractivity contribution in [1.82, 2.24) is 0 Å². The number of anilines is 1. The minimum absolute atomic E-state index is 0.248. The lowest BCUT2D eigenvalue weighted by Gasteiger charge is -2.25. The van der Waals surface area contributed by atoms with E-state index in [1.165, 1.54) is 0 Å². The lowest BCUT2D eigenvalue weighted by atomic mass is 10.1. The highest BCUT2D eigenvalue weighted by Crippen LogP contribution is 2.26. The summed E-state index contributed by atoms with van der Waals surface area (Å²) in [6, 6.07) is 21.6. The fourth-order valence-corrected chi connectivity index (χ4v) is 2.76. The highest BCUT2D eigenvalue weighted by molar-refractivity contribution is 9.10. The van der Waals surface area contributed by atoms with Crippen LogP contribution in [0.2, 0.25) is 5.02 Å². The second-order valence-corrected chi connectivity index (χ2v) is 7.95. The highest BCUT2D eigenvalue weighted by Gasteiger charge is 2.30. The number of halogens is 2. The maximum Gasteiger partial charge on any atom is 0.267 e. The van der Waals surface area contributed by atoms with Gasteiger partial charge in [0.15, 0.2) is 5.60 Å². The molecule has 28 heavy (non-hydrogen) atoms. The molecular weight excluding hydrogens is 442 g/mol. The van der Waals surface area contributed by atoms with Crippen LogP contribution in [0, 0.1) is 0 Å². The van der Waals surface area contributed by atoms with Gasteiger partial charge < -0.3 is 14.8 Å². The first-order valence-electron chi connectivity index (χ1n) is 8.61. The molecule has 4 nitrogen and oxygen atoms in total. The Balaban J connectivity index is 1.61. The summed E-state index contributed by atoms with van der Waals surface area (Å²) in [5, 5.41) is 3.52. The van der Waals surface area contributed by atoms with Gasteiger partial charge in [-0.3, -0.25) is 4.79 Å². The van der Waals surface area contributed by atoms with Crippen LogP contribution in [0.25, 0.3) is 0 Å². The Morgan fingerprint density at radius 1 is 0.857 bits per heavy atom. The zero-order valence-corrected chi connectivity index (χ0v) is 17.8. The number of amides is 1. The number of ether oxygens (including phenoxy) is 2. The van der Waals surface area contributed by atoms with Crippen molar-refractivity contribution in [3.8, 4) is 17.2 Å². The van der Waals surface area contributed by atoms with Crippen molar-refractivity contribution in [2.45, 2.75) is 19.4 Å². The van der Waals surface area contributed by atoms with Crippen LogP contribution in [0.3, 0.4) is 0 Å². The number of hydrogen-bond donors (Lipinski definition) is 1. The molecule has 0 aromatic heterocycles. The van der Waals surface area contributed by atoms with Crippen molar-refractivity contribution >= 4 is 39.1 Å². The van der Waals surface area contributed by atoms with Crippen molar-refractivity contribution in [3.63, 3.8) is 0 Å². The molecule has 0 saturated heterocycles. The van der Waals surface area contributed by atoms with Gasteiger partial charge in [-0.25, -0.2) is 0 Å². The Hall–Kier alpha value is -2.50. The van der Waals surface area contributed by atoms with E-state index in [9.17, 15) is 4.79 Å². The summed E-state index contributed by atoms with van der Waals surface area (Å²) in [5.74, 6) is 1.72. The SMILES string of the molecule is CC(C)(Oc1ccc(Br)cc1)C(=O)Nc1ccc(Oc2ccc(Cl)cc2)cc1. The van der Waals surface area contributed by atoms with Crippen LogP contribution in [0.4, 0.5) is 5.69 Å². The molecule has 3 aromatic rings. The van der Waals surface area contributed by atoms with E-state index >= 15 is 0 Å². The summed E-state index contributed by atoms with van der Waals surface area (Å²) in [4.78, 5) is 12.6. The Kier molecular flexibility index (Phi) is 6.27. The zero-order valence-electron chi connectivity index (χ0n) is 15.4. The average molecular weight is 461 g/mol. The molecule has 0 aliphatic heterocycles. The van der Waals surface area contributed by atoms with Crippen molar-refractivity contribution in [3.05, 3.63) is 82.3 Å². The average Bonchev–Trinajstić information content (AvgIpc) is 2.67. The molecule has 0 saturated carbocycles. The number of rotatable bonds is 6. The van der Waals surface area contributed by atoms with Gasteiger partial charge in [0.25, 0.3) is 5.91 Å². The van der Waals surface area contributed by atoms with E-state index in [0.29, 0.717) is 28.0 Å². The maximum atomic E-state index is 12.6. The third-order valence-corrected chi connectivity index (χ3v) is 4.68. The maximum absolute atomic E-state index is 12.6. The van der Waals surface area contributed by atoms with Crippen LogP contribution < -0.4 is 14.8 Å². The molecule has 6 heteroatoms. The standard InChI is InChI=1S/C22H19BrClNO3/c1-22(2,28-20-9-3-15(23)4-10-20)21(26)25-17-7-13-19(14-8-17)27-18-11-5-16(24)6-12-18/h3-14H,1-2H3,(H,25,26). The Morgan fingerprint density at radius 3 is 1.93 bits per heavy atom. The van der Waals surface area contributed by atoms with Gasteiger partial charge in [-0.05, 0) is 86.6 Å². The van der Waals surface area contributed by atoms with Crippen molar-refractivity contribution in [1.29, 1.82) is 0 Å². The third-order valence-electron chi connectivity index (χ3n) is 3.89. The quantitative estimate of drug-likeness (QED) is 0.446. The van der Waals surface area contributed by atoms with Gasteiger partial charge in [0.2, 0.25) is 0 Å². The monoisotopic (exact) mass is 459 g/mol. The summed E-state index contributed by atoms with van der Waals surface area (Å²) >= 11 is 9.25. The number of carbonyl (C=O) groups excluding carboxylic acids is 1. The van der Waals surface area contributed by atoms with E-state index in [1.807, 2.05) is 24.3 Å². The van der Waals surface area contributed by atoms with Crippen LogP contribution in [0.5, 0.6) is 17.2 Å². The summed E-state index contributed by atoms with van der Waals surface area (Å²) in [7, 11) is 0. The van der Waals surface area contributed by atoms with Gasteiger partial charge >= 0.3 is 0 Å². The lowest BCUT2D eigenvalue weighted by molar-refractivity contribution is -0.128. The molecule has 0 atom stereocenters. The molecule has 0 fully saturated rings. The van der Waals surface area contributed by atoms with Crippen molar-refractivity contribution < 1.29 is 14.3 Å². The normalized spacial score (nSPS) is 11.0. The molecule has 1 amide bonds. The summed E-state index contributed by atoms with van der Waals surface area (Å²) < 4.78 is 12.5. The van der Waals surface area contributed by atoms with E-state index in [4.69, 9.17) is 21.1 Å². The molecule has 0 aliphatic rings. The molecule has 0 unspecified atom stereocenters. The first-order chi connectivity index (χ1) is 13.3. The van der Waals surface area contributed by atoms with Gasteiger partial charge in [0, 0.05) is 15.2 Å². The van der Waals surface area contributed by atoms with Gasteiger partial charge in [-0.2, -0.15) is 0 Å². The van der Waals surface area contributed by atoms with E-state index < -0.39 is 5.60 Å². The molecule has 3 aromatic carbocycles. The topological polar surface area (TPSA) is 47.6 Å². The number of hydrogen-bond acceptors (Lipinski definition) is 3. The minimum Gasteiger partial charge on any atom is -0.478 e. The Bertz CT molecular complexity index is 939. The van der Waals surface area contributed by atoms with Gasteiger partial charge in [0.05, 0.1) is 0 Å². The largest absolute Gasteiger partial charge is 0.478 e. The van der Waals surface area contributed by atoms with Crippen LogP contribution in [-0.2, 0) is 4.79 Å². The first-order valence-corrected chi connectivity index (χ1v) is 9.78. The van der Waals surface area contributed by atoms with Gasteiger partial charge in [0.1, 0.15) is 17.2 Å². The van der Waals surface area contributed by atoms with E-state index in [-0.39, 0.29) is 5.91 Å². The van der Waals surface area contributed by atoms with Gasteiger partial charge in [-0.1, -0.05) is 27.5 Å². The third kappa shape index (κ3) is 5.50. The summed E-state index contributed by atoms with van der Waals surface area (Å²) in [6.07, 6.45) is 0. The van der Waals surface area contributed by atoms with Crippen LogP contribution in [0.15, 0.2) is 77.3 Å². The van der Waals surface area contributed by atoms with Crippen LogP contribution in [0.1, 0.15) is 13.8 Å². The predicted molar refractivity (Wildman–Crippen MR) is 115 cm³/mol. The minimum atomic E-state index is -1.04. The van der Waals surface area contributed by atoms with Gasteiger partial charge in [-0.15, -0.1) is 0 Å². The Labute approximate surface area is 177 Å². The van der Waals surface area contributed by atoms with Crippen molar-refractivity contribution in [2.75, 3.05) is 5.32 Å². The summed E-state index contributed by atoms with van der Waals surface area (Å²) in [5.41, 5.74) is -0.382. The number of carbonyl (C=O) groups is 1. The zero-order chi connectivity index (χ0) is 20.1. The molecule has 0 radical (unpaired) electrons. The molecule has 144 valence electrons. The second-order valence-electron chi connectivity index (χ2n) is 6.60. The first kappa shape index (κ1) is 20.2. The smallest absolute Gasteiger partial charge is 0.267 e. The predicted octanol–water partition coefficient (Wildman–Crippen LogP) is 6.69. The molecule has 0 heterocycles. The Morgan fingerprint density at radius 2 is 1.36 bits per heavy atom. The summed E-state index contributed by atoms with van der Waals surface area (Å²) in [6.45, 7) is 3.45. The molecule has 0 spiro atoms. The molecule has 3 rings (SSSR count). The van der Waals surface area contributed by atoms with Crippen LogP contribution >= 0.6 is 27.5 Å². The number of benzene rings is 3. The second kappa shape index (κ2) is 8.67. The molecule has 0 aliphatic carbocycles. The highest BCUT2D eigenvalue weighted by atomic mass is 79.9. The molecule has 1 N–H and O–H groups in total. The van der Waals surface area contributed by atoms with E-state index in [2.05, 4.69) is 21.2 Å². The number of nitrogens with one attached hydrogen (secondary N) is 1.